The molecule has 1 N–H and O–H groups in total. The Morgan fingerprint density at radius 3 is 2.77 bits per heavy atom. The number of carbonyl (C=O) groups is 1. The number of hydrogen-bond acceptors (Lipinski definition) is 6. The number of anilines is 1. The second-order valence-corrected chi connectivity index (χ2v) is 9.00. The minimum absolute atomic E-state index is 0.0996. The van der Waals surface area contributed by atoms with Crippen molar-refractivity contribution in [2.75, 3.05) is 17.7 Å². The third-order valence-electron chi connectivity index (χ3n) is 4.40. The number of rotatable bonds is 10. The molecule has 160 valence electrons. The Morgan fingerprint density at radius 2 is 2.07 bits per heavy atom. The number of ether oxygens (including phenoxy) is 1. The maximum atomic E-state index is 12.5. The number of aromatic nitrogens is 3. The lowest BCUT2D eigenvalue weighted by Crippen LogP contribution is -2.15. The molecule has 0 spiro atoms. The van der Waals surface area contributed by atoms with Gasteiger partial charge in [-0.3, -0.25) is 4.79 Å². The van der Waals surface area contributed by atoms with Gasteiger partial charge < -0.3 is 14.6 Å². The highest BCUT2D eigenvalue weighted by Gasteiger charge is 2.17. The average molecular weight is 445 g/mol. The number of carbonyl (C=O) groups excluding carboxylic acids is 1. The van der Waals surface area contributed by atoms with Gasteiger partial charge in [0.25, 0.3) is 0 Å². The van der Waals surface area contributed by atoms with E-state index in [4.69, 9.17) is 4.74 Å². The Hall–Kier alpha value is -2.32. The highest BCUT2D eigenvalue weighted by Crippen LogP contribution is 2.31. The summed E-state index contributed by atoms with van der Waals surface area (Å²) in [6.07, 6.45) is 0.966. The standard InChI is InChI=1S/C22H28N4O2S2/c1-5-11-26-21(16-12-19(15(3)4)29-13-16)24-25-22(26)30-14-20(27)23-17-9-7-8-10-18(17)28-6-2/h7-10,12-13,15H,5-6,11,14H2,1-4H3,(H,23,27). The summed E-state index contributed by atoms with van der Waals surface area (Å²) < 4.78 is 7.69. The van der Waals surface area contributed by atoms with E-state index in [2.05, 4.69) is 52.3 Å². The fourth-order valence-corrected chi connectivity index (χ4v) is 4.64. The number of nitrogens with zero attached hydrogens (tertiary/aromatic N) is 3. The van der Waals surface area contributed by atoms with Crippen molar-refractivity contribution in [1.82, 2.24) is 14.8 Å². The molecular weight excluding hydrogens is 416 g/mol. The third-order valence-corrected chi connectivity index (χ3v) is 6.60. The smallest absolute Gasteiger partial charge is 0.234 e. The number of thiophene rings is 1. The van der Waals surface area contributed by atoms with E-state index in [0.29, 0.717) is 24.0 Å². The van der Waals surface area contributed by atoms with Crippen molar-refractivity contribution in [2.45, 2.75) is 51.7 Å². The van der Waals surface area contributed by atoms with Crippen molar-refractivity contribution in [3.63, 3.8) is 0 Å². The molecule has 0 bridgehead atoms. The van der Waals surface area contributed by atoms with Gasteiger partial charge in [0.1, 0.15) is 5.75 Å². The molecule has 2 heterocycles. The summed E-state index contributed by atoms with van der Waals surface area (Å²) >= 11 is 3.15. The lowest BCUT2D eigenvalue weighted by molar-refractivity contribution is -0.113. The van der Waals surface area contributed by atoms with Crippen LogP contribution in [0.25, 0.3) is 11.4 Å². The van der Waals surface area contributed by atoms with Crippen LogP contribution in [0.2, 0.25) is 0 Å². The zero-order valence-corrected chi connectivity index (χ0v) is 19.5. The highest BCUT2D eigenvalue weighted by molar-refractivity contribution is 7.99. The molecular formula is C22H28N4O2S2. The number of amides is 1. The fraction of sp³-hybridized carbons (Fsp3) is 0.409. The van der Waals surface area contributed by atoms with Gasteiger partial charge in [-0.05, 0) is 37.5 Å². The van der Waals surface area contributed by atoms with Gasteiger partial charge >= 0.3 is 0 Å². The summed E-state index contributed by atoms with van der Waals surface area (Å²) in [5.41, 5.74) is 1.77. The minimum Gasteiger partial charge on any atom is -0.492 e. The summed E-state index contributed by atoms with van der Waals surface area (Å²) in [6, 6.07) is 9.65. The molecule has 1 amide bonds. The Balaban J connectivity index is 1.70. The Morgan fingerprint density at radius 1 is 1.27 bits per heavy atom. The van der Waals surface area contributed by atoms with E-state index in [1.807, 2.05) is 31.2 Å². The molecule has 1 aromatic carbocycles. The Kier molecular flexibility index (Phi) is 7.93. The van der Waals surface area contributed by atoms with E-state index in [1.165, 1.54) is 16.6 Å². The fourth-order valence-electron chi connectivity index (χ4n) is 2.97. The summed E-state index contributed by atoms with van der Waals surface area (Å²) in [4.78, 5) is 13.9. The van der Waals surface area contributed by atoms with Crippen LogP contribution in [-0.2, 0) is 11.3 Å². The maximum absolute atomic E-state index is 12.5. The van der Waals surface area contributed by atoms with Crippen LogP contribution in [0.4, 0.5) is 5.69 Å². The van der Waals surface area contributed by atoms with Crippen molar-refractivity contribution < 1.29 is 9.53 Å². The van der Waals surface area contributed by atoms with Gasteiger partial charge in [0, 0.05) is 22.4 Å². The summed E-state index contributed by atoms with van der Waals surface area (Å²) in [5, 5.41) is 14.6. The van der Waals surface area contributed by atoms with Gasteiger partial charge in [0.2, 0.25) is 5.91 Å². The second kappa shape index (κ2) is 10.6. The van der Waals surface area contributed by atoms with Crippen LogP contribution < -0.4 is 10.1 Å². The van der Waals surface area contributed by atoms with Crippen molar-refractivity contribution in [3.05, 3.63) is 40.6 Å². The quantitative estimate of drug-likeness (QED) is 0.408. The zero-order valence-electron chi connectivity index (χ0n) is 17.8. The van der Waals surface area contributed by atoms with Crippen LogP contribution in [-0.4, -0.2) is 33.0 Å². The maximum Gasteiger partial charge on any atom is 0.234 e. The first-order valence-electron chi connectivity index (χ1n) is 10.2. The Labute approximate surface area is 186 Å². The molecule has 0 fully saturated rings. The molecule has 0 saturated carbocycles. The number of para-hydroxylation sites is 2. The van der Waals surface area contributed by atoms with Crippen molar-refractivity contribution in [3.8, 4) is 17.1 Å². The van der Waals surface area contributed by atoms with Gasteiger partial charge in [-0.15, -0.1) is 21.5 Å². The van der Waals surface area contributed by atoms with Crippen LogP contribution in [0, 0.1) is 0 Å². The lowest BCUT2D eigenvalue weighted by atomic mass is 10.1. The van der Waals surface area contributed by atoms with E-state index in [-0.39, 0.29) is 11.7 Å². The summed E-state index contributed by atoms with van der Waals surface area (Å²) in [5.74, 6) is 2.18. The highest BCUT2D eigenvalue weighted by atomic mass is 32.2. The van der Waals surface area contributed by atoms with Crippen LogP contribution >= 0.6 is 23.1 Å². The summed E-state index contributed by atoms with van der Waals surface area (Å²) in [7, 11) is 0. The van der Waals surface area contributed by atoms with Crippen LogP contribution in [0.5, 0.6) is 5.75 Å². The molecule has 0 aliphatic carbocycles. The predicted octanol–water partition coefficient (Wildman–Crippen LogP) is 5.67. The second-order valence-electron chi connectivity index (χ2n) is 7.12. The van der Waals surface area contributed by atoms with E-state index in [1.54, 1.807) is 11.3 Å². The van der Waals surface area contributed by atoms with E-state index in [0.717, 1.165) is 29.5 Å². The molecule has 2 aromatic heterocycles. The van der Waals surface area contributed by atoms with Gasteiger partial charge in [-0.2, -0.15) is 0 Å². The van der Waals surface area contributed by atoms with Crippen molar-refractivity contribution >= 4 is 34.7 Å². The molecule has 3 aromatic rings. The van der Waals surface area contributed by atoms with Gasteiger partial charge in [-0.25, -0.2) is 0 Å². The first-order chi connectivity index (χ1) is 14.5. The SMILES string of the molecule is CCCn1c(SCC(=O)Nc2ccccc2OCC)nnc1-c1csc(C(C)C)c1. The van der Waals surface area contributed by atoms with E-state index >= 15 is 0 Å². The van der Waals surface area contributed by atoms with Gasteiger partial charge in [0.05, 0.1) is 18.0 Å². The van der Waals surface area contributed by atoms with Crippen LogP contribution in [0.1, 0.15) is 44.9 Å². The number of thioether (sulfide) groups is 1. The molecule has 0 aliphatic heterocycles. The zero-order chi connectivity index (χ0) is 21.5. The van der Waals surface area contributed by atoms with Crippen molar-refractivity contribution in [1.29, 1.82) is 0 Å². The first kappa shape index (κ1) is 22.4. The average Bonchev–Trinajstić information content (AvgIpc) is 3.36. The molecule has 3 rings (SSSR count). The minimum atomic E-state index is -0.0996. The molecule has 0 atom stereocenters. The number of benzene rings is 1. The van der Waals surface area contributed by atoms with Crippen LogP contribution in [0.15, 0.2) is 40.9 Å². The van der Waals surface area contributed by atoms with Crippen LogP contribution in [0.3, 0.4) is 0 Å². The molecule has 0 radical (unpaired) electrons. The topological polar surface area (TPSA) is 69.0 Å². The first-order valence-corrected chi connectivity index (χ1v) is 12.1. The number of hydrogen-bond donors (Lipinski definition) is 1. The lowest BCUT2D eigenvalue weighted by Gasteiger charge is -2.11. The van der Waals surface area contributed by atoms with Gasteiger partial charge in [0.15, 0.2) is 11.0 Å². The van der Waals surface area contributed by atoms with Crippen molar-refractivity contribution in [2.24, 2.45) is 0 Å². The Bertz CT molecular complexity index is 981. The normalized spacial score (nSPS) is 11.1. The molecule has 6 nitrogen and oxygen atoms in total. The summed E-state index contributed by atoms with van der Waals surface area (Å²) in [6.45, 7) is 9.79. The molecule has 30 heavy (non-hydrogen) atoms. The predicted molar refractivity (Wildman–Crippen MR) is 125 cm³/mol. The largest absolute Gasteiger partial charge is 0.492 e. The third kappa shape index (κ3) is 5.43. The van der Waals surface area contributed by atoms with E-state index < -0.39 is 0 Å². The molecule has 0 unspecified atom stereocenters. The van der Waals surface area contributed by atoms with E-state index in [9.17, 15) is 4.79 Å². The molecule has 0 saturated heterocycles. The van der Waals surface area contributed by atoms with Gasteiger partial charge in [-0.1, -0.05) is 44.7 Å². The monoisotopic (exact) mass is 444 g/mol. The molecule has 8 heteroatoms. The molecule has 0 aliphatic rings. The number of nitrogens with one attached hydrogen (secondary N) is 1.